The first kappa shape index (κ1) is 11.8. The summed E-state index contributed by atoms with van der Waals surface area (Å²) >= 11 is 5.42. The quantitative estimate of drug-likeness (QED) is 0.663. The Bertz CT molecular complexity index is 200. The predicted octanol–water partition coefficient (Wildman–Crippen LogP) is 0.835. The summed E-state index contributed by atoms with van der Waals surface area (Å²) in [6.07, 6.45) is 0.799. The van der Waals surface area contributed by atoms with E-state index in [0.29, 0.717) is 13.2 Å². The fourth-order valence-corrected chi connectivity index (χ4v) is 1.46. The lowest BCUT2D eigenvalue weighted by molar-refractivity contribution is -0.213. The van der Waals surface area contributed by atoms with Gasteiger partial charge in [0.2, 0.25) is 5.91 Å². The van der Waals surface area contributed by atoms with Gasteiger partial charge in [0.05, 0.1) is 19.3 Å². The van der Waals surface area contributed by atoms with Gasteiger partial charge in [0, 0.05) is 7.05 Å². The first-order valence-electron chi connectivity index (χ1n) is 4.70. The van der Waals surface area contributed by atoms with Crippen LogP contribution in [0.5, 0.6) is 0 Å². The summed E-state index contributed by atoms with van der Waals surface area (Å²) in [7, 11) is 1.69. The maximum Gasteiger partial charge on any atom is 0.237 e. The van der Waals surface area contributed by atoms with Gasteiger partial charge in [-0.25, -0.2) is 0 Å². The number of ether oxygens (including phenoxy) is 2. The second kappa shape index (κ2) is 5.53. The fourth-order valence-electron chi connectivity index (χ4n) is 1.26. The Morgan fingerprint density at radius 1 is 1.64 bits per heavy atom. The number of nitrogens with zero attached hydrogens (tertiary/aromatic N) is 1. The van der Waals surface area contributed by atoms with Gasteiger partial charge < -0.3 is 14.4 Å². The molecule has 0 bridgehead atoms. The molecule has 4 nitrogen and oxygen atoms in total. The standard InChI is InChI=1S/C9H16ClNO3/c1-7-3-4-13-9(14-7)6-11(2)8(12)5-10/h7,9H,3-6H2,1-2H3. The fraction of sp³-hybridized carbons (Fsp3) is 0.889. The normalized spacial score (nSPS) is 27.4. The second-order valence-corrected chi connectivity index (χ2v) is 3.71. The maximum absolute atomic E-state index is 11.1. The lowest BCUT2D eigenvalue weighted by Gasteiger charge is -2.30. The van der Waals surface area contributed by atoms with Crippen LogP contribution >= 0.6 is 11.6 Å². The van der Waals surface area contributed by atoms with Gasteiger partial charge in [0.15, 0.2) is 6.29 Å². The van der Waals surface area contributed by atoms with Crippen LogP contribution in [0.3, 0.4) is 0 Å². The molecule has 0 N–H and O–H groups in total. The van der Waals surface area contributed by atoms with Gasteiger partial charge in [0.1, 0.15) is 5.88 Å². The maximum atomic E-state index is 11.1. The van der Waals surface area contributed by atoms with Gasteiger partial charge in [-0.1, -0.05) is 0 Å². The highest BCUT2D eigenvalue weighted by atomic mass is 35.5. The van der Waals surface area contributed by atoms with E-state index in [2.05, 4.69) is 0 Å². The largest absolute Gasteiger partial charge is 0.351 e. The Labute approximate surface area is 89.1 Å². The van der Waals surface area contributed by atoms with E-state index in [1.54, 1.807) is 7.05 Å². The molecule has 1 amide bonds. The number of likely N-dealkylation sites (N-methyl/N-ethyl adjacent to an activating group) is 1. The lowest BCUT2D eigenvalue weighted by atomic mass is 10.3. The number of amides is 1. The molecule has 0 aliphatic carbocycles. The molecule has 1 aliphatic heterocycles. The minimum atomic E-state index is -0.309. The van der Waals surface area contributed by atoms with Gasteiger partial charge in [-0.05, 0) is 13.3 Å². The van der Waals surface area contributed by atoms with Crippen molar-refractivity contribution in [2.75, 3.05) is 26.1 Å². The monoisotopic (exact) mass is 221 g/mol. The molecule has 1 heterocycles. The summed E-state index contributed by atoms with van der Waals surface area (Å²) in [6.45, 7) is 3.13. The van der Waals surface area contributed by atoms with Crippen molar-refractivity contribution in [3.05, 3.63) is 0 Å². The second-order valence-electron chi connectivity index (χ2n) is 3.44. The summed E-state index contributed by atoms with van der Waals surface area (Å²) < 4.78 is 10.8. The average Bonchev–Trinajstić information content (AvgIpc) is 2.16. The number of rotatable bonds is 3. The molecule has 0 radical (unpaired) electrons. The Morgan fingerprint density at radius 3 is 2.93 bits per heavy atom. The van der Waals surface area contributed by atoms with E-state index < -0.39 is 0 Å². The Hall–Kier alpha value is -0.320. The molecular weight excluding hydrogens is 206 g/mol. The highest BCUT2D eigenvalue weighted by Crippen LogP contribution is 2.12. The smallest absolute Gasteiger partial charge is 0.237 e. The molecule has 1 aliphatic rings. The molecule has 1 rings (SSSR count). The summed E-state index contributed by atoms with van der Waals surface area (Å²) in [5.41, 5.74) is 0. The number of hydrogen-bond donors (Lipinski definition) is 0. The third-order valence-electron chi connectivity index (χ3n) is 2.18. The van der Waals surface area contributed by atoms with E-state index in [0.717, 1.165) is 6.42 Å². The number of alkyl halides is 1. The van der Waals surface area contributed by atoms with Crippen molar-refractivity contribution < 1.29 is 14.3 Å². The highest BCUT2D eigenvalue weighted by Gasteiger charge is 2.22. The molecule has 5 heteroatoms. The third kappa shape index (κ3) is 3.44. The highest BCUT2D eigenvalue weighted by molar-refractivity contribution is 6.27. The first-order valence-corrected chi connectivity index (χ1v) is 5.24. The van der Waals surface area contributed by atoms with Crippen LogP contribution in [0.25, 0.3) is 0 Å². The van der Waals surface area contributed by atoms with Gasteiger partial charge in [0.25, 0.3) is 0 Å². The summed E-state index contributed by atoms with van der Waals surface area (Å²) in [4.78, 5) is 12.7. The predicted molar refractivity (Wildman–Crippen MR) is 53.3 cm³/mol. The van der Waals surface area contributed by atoms with Crippen LogP contribution < -0.4 is 0 Å². The van der Waals surface area contributed by atoms with E-state index >= 15 is 0 Å². The van der Waals surface area contributed by atoms with Crippen LogP contribution in [0.2, 0.25) is 0 Å². The molecule has 1 fully saturated rings. The molecule has 0 aromatic heterocycles. The van der Waals surface area contributed by atoms with Crippen molar-refractivity contribution in [3.63, 3.8) is 0 Å². The summed E-state index contributed by atoms with van der Waals surface area (Å²) in [5, 5.41) is 0. The molecule has 2 unspecified atom stereocenters. The van der Waals surface area contributed by atoms with Gasteiger partial charge in [-0.15, -0.1) is 11.6 Å². The summed E-state index contributed by atoms with van der Waals surface area (Å²) in [5.74, 6) is -0.115. The number of hydrogen-bond acceptors (Lipinski definition) is 3. The molecule has 1 saturated heterocycles. The van der Waals surface area contributed by atoms with Gasteiger partial charge in [-0.3, -0.25) is 4.79 Å². The minimum Gasteiger partial charge on any atom is -0.351 e. The van der Waals surface area contributed by atoms with E-state index in [1.807, 2.05) is 6.92 Å². The molecule has 0 spiro atoms. The molecule has 0 aromatic carbocycles. The van der Waals surface area contributed by atoms with Crippen LogP contribution in [0.1, 0.15) is 13.3 Å². The van der Waals surface area contributed by atoms with Crippen LogP contribution in [0.15, 0.2) is 0 Å². The Morgan fingerprint density at radius 2 is 2.36 bits per heavy atom. The lowest BCUT2D eigenvalue weighted by Crippen LogP contribution is -2.41. The minimum absolute atomic E-state index is 0.00122. The van der Waals surface area contributed by atoms with Crippen molar-refractivity contribution in [2.45, 2.75) is 25.7 Å². The van der Waals surface area contributed by atoms with E-state index in [9.17, 15) is 4.79 Å². The van der Waals surface area contributed by atoms with Gasteiger partial charge in [-0.2, -0.15) is 0 Å². The molecule has 2 atom stereocenters. The topological polar surface area (TPSA) is 38.8 Å². The number of carbonyl (C=O) groups excluding carboxylic acids is 1. The zero-order valence-electron chi connectivity index (χ0n) is 8.53. The van der Waals surface area contributed by atoms with Crippen LogP contribution in [-0.2, 0) is 14.3 Å². The third-order valence-corrected chi connectivity index (χ3v) is 2.40. The number of halogens is 1. The molecule has 82 valence electrons. The summed E-state index contributed by atoms with van der Waals surface area (Å²) in [6, 6.07) is 0. The van der Waals surface area contributed by atoms with Crippen molar-refractivity contribution in [3.8, 4) is 0 Å². The van der Waals surface area contributed by atoms with Crippen molar-refractivity contribution >= 4 is 17.5 Å². The van der Waals surface area contributed by atoms with Crippen LogP contribution in [0, 0.1) is 0 Å². The number of carbonyl (C=O) groups is 1. The molecular formula is C9H16ClNO3. The van der Waals surface area contributed by atoms with E-state index in [1.165, 1.54) is 4.90 Å². The van der Waals surface area contributed by atoms with E-state index in [-0.39, 0.29) is 24.2 Å². The Balaban J connectivity index is 2.32. The first-order chi connectivity index (χ1) is 6.63. The van der Waals surface area contributed by atoms with Crippen molar-refractivity contribution in [1.29, 1.82) is 0 Å². The molecule has 14 heavy (non-hydrogen) atoms. The van der Waals surface area contributed by atoms with Crippen molar-refractivity contribution in [2.24, 2.45) is 0 Å². The van der Waals surface area contributed by atoms with Crippen LogP contribution in [0.4, 0.5) is 0 Å². The zero-order valence-corrected chi connectivity index (χ0v) is 9.29. The van der Waals surface area contributed by atoms with E-state index in [4.69, 9.17) is 21.1 Å². The Kier molecular flexibility index (Phi) is 4.65. The van der Waals surface area contributed by atoms with Crippen LogP contribution in [-0.4, -0.2) is 49.3 Å². The zero-order chi connectivity index (χ0) is 10.6. The molecule has 0 aromatic rings. The van der Waals surface area contributed by atoms with Crippen molar-refractivity contribution in [1.82, 2.24) is 4.90 Å². The SMILES string of the molecule is CC1CCOC(CN(C)C(=O)CCl)O1. The average molecular weight is 222 g/mol. The van der Waals surface area contributed by atoms with Gasteiger partial charge >= 0.3 is 0 Å². The molecule has 0 saturated carbocycles.